The minimum absolute atomic E-state index is 0.173. The molecule has 0 aromatic heterocycles. The van der Waals surface area contributed by atoms with Crippen molar-refractivity contribution in [1.82, 2.24) is 5.32 Å². The zero-order chi connectivity index (χ0) is 14.7. The first-order valence-corrected chi connectivity index (χ1v) is 8.62. The molecule has 2 saturated carbocycles. The first kappa shape index (κ1) is 15.1. The molecular weight excluding hydrogens is 258 g/mol. The maximum absolute atomic E-state index is 9.77. The van der Waals surface area contributed by atoms with Crippen molar-refractivity contribution in [2.45, 2.75) is 63.8 Å². The topological polar surface area (TPSA) is 32.3 Å². The number of hydrogen-bond acceptors (Lipinski definition) is 2. The Morgan fingerprint density at radius 2 is 1.86 bits per heavy atom. The van der Waals surface area contributed by atoms with Crippen LogP contribution in [0.5, 0.6) is 0 Å². The van der Waals surface area contributed by atoms with Gasteiger partial charge in [-0.3, -0.25) is 0 Å². The van der Waals surface area contributed by atoms with Gasteiger partial charge in [-0.25, -0.2) is 0 Å². The lowest BCUT2D eigenvalue weighted by atomic mass is 9.72. The predicted octanol–water partition coefficient (Wildman–Crippen LogP) is 3.77. The van der Waals surface area contributed by atoms with Crippen LogP contribution >= 0.6 is 0 Å². The molecule has 2 fully saturated rings. The summed E-state index contributed by atoms with van der Waals surface area (Å²) in [6.45, 7) is 3.58. The van der Waals surface area contributed by atoms with Crippen molar-refractivity contribution in [3.8, 4) is 0 Å². The fourth-order valence-electron chi connectivity index (χ4n) is 4.14. The fraction of sp³-hybridized carbons (Fsp3) is 0.684. The maximum atomic E-state index is 9.77. The van der Waals surface area contributed by atoms with Gasteiger partial charge in [0.1, 0.15) is 0 Å². The summed E-state index contributed by atoms with van der Waals surface area (Å²) in [4.78, 5) is 0. The van der Waals surface area contributed by atoms with Crippen LogP contribution in [0.1, 0.15) is 62.0 Å². The summed E-state index contributed by atoms with van der Waals surface area (Å²) in [7, 11) is 0. The molecule has 0 spiro atoms. The summed E-state index contributed by atoms with van der Waals surface area (Å²) in [6, 6.07) is 9.44. The highest BCUT2D eigenvalue weighted by atomic mass is 16.3. The van der Waals surface area contributed by atoms with Crippen molar-refractivity contribution in [2.75, 3.05) is 13.2 Å². The average molecular weight is 287 g/mol. The Kier molecular flexibility index (Phi) is 4.66. The van der Waals surface area contributed by atoms with Crippen molar-refractivity contribution in [3.63, 3.8) is 0 Å². The monoisotopic (exact) mass is 287 g/mol. The molecule has 0 atom stereocenters. The van der Waals surface area contributed by atoms with Crippen molar-refractivity contribution < 1.29 is 5.11 Å². The van der Waals surface area contributed by atoms with Crippen LogP contribution in [0.15, 0.2) is 24.3 Å². The summed E-state index contributed by atoms with van der Waals surface area (Å²) in [5.41, 5.74) is 3.14. The lowest BCUT2D eigenvalue weighted by Gasteiger charge is -2.42. The third-order valence-electron chi connectivity index (χ3n) is 5.78. The van der Waals surface area contributed by atoms with Gasteiger partial charge in [0.25, 0.3) is 0 Å². The summed E-state index contributed by atoms with van der Waals surface area (Å²) in [6.07, 6.45) is 8.84. The van der Waals surface area contributed by atoms with Crippen molar-refractivity contribution in [1.29, 1.82) is 0 Å². The van der Waals surface area contributed by atoms with Gasteiger partial charge in [-0.15, -0.1) is 0 Å². The molecular formula is C19H29NO. The molecule has 2 N–H and O–H groups in total. The van der Waals surface area contributed by atoms with E-state index in [0.717, 1.165) is 12.5 Å². The van der Waals surface area contributed by atoms with E-state index in [1.807, 2.05) is 0 Å². The molecule has 2 nitrogen and oxygen atoms in total. The second kappa shape index (κ2) is 6.50. The van der Waals surface area contributed by atoms with Crippen LogP contribution in [-0.4, -0.2) is 24.3 Å². The van der Waals surface area contributed by atoms with Gasteiger partial charge >= 0.3 is 0 Å². The number of aliphatic hydroxyl groups excluding tert-OH is 1. The minimum Gasteiger partial charge on any atom is -0.396 e. The highest BCUT2D eigenvalue weighted by Crippen LogP contribution is 2.40. The van der Waals surface area contributed by atoms with Gasteiger partial charge in [-0.05, 0) is 49.7 Å². The Morgan fingerprint density at radius 3 is 2.52 bits per heavy atom. The van der Waals surface area contributed by atoms with E-state index in [1.165, 1.54) is 56.1 Å². The standard InChI is InChI=1S/C19H29NO/c1-15-7-3-4-8-18(15)16-11-17(12-16)20-13-19(14-21)9-5-2-6-10-19/h3-4,7-8,16-17,20-21H,2,5-6,9-14H2,1H3. The number of rotatable bonds is 5. The van der Waals surface area contributed by atoms with Crippen molar-refractivity contribution >= 4 is 0 Å². The molecule has 1 aromatic carbocycles. The molecule has 0 amide bonds. The van der Waals surface area contributed by atoms with Crippen LogP contribution in [0.2, 0.25) is 0 Å². The summed E-state index contributed by atoms with van der Waals surface area (Å²) in [5, 5.41) is 13.5. The van der Waals surface area contributed by atoms with Crippen molar-refractivity contribution in [3.05, 3.63) is 35.4 Å². The molecule has 0 aliphatic heterocycles. The maximum Gasteiger partial charge on any atom is 0.0499 e. The lowest BCUT2D eigenvalue weighted by molar-refractivity contribution is 0.0731. The van der Waals surface area contributed by atoms with Crippen LogP contribution in [-0.2, 0) is 0 Å². The predicted molar refractivity (Wildman–Crippen MR) is 87.5 cm³/mol. The van der Waals surface area contributed by atoms with Crippen LogP contribution in [0, 0.1) is 12.3 Å². The van der Waals surface area contributed by atoms with Crippen LogP contribution in [0.3, 0.4) is 0 Å². The van der Waals surface area contributed by atoms with Gasteiger partial charge in [0, 0.05) is 24.6 Å². The van der Waals surface area contributed by atoms with E-state index < -0.39 is 0 Å². The van der Waals surface area contributed by atoms with Gasteiger partial charge < -0.3 is 10.4 Å². The molecule has 2 heteroatoms. The molecule has 21 heavy (non-hydrogen) atoms. The molecule has 0 radical (unpaired) electrons. The van der Waals surface area contributed by atoms with Gasteiger partial charge in [-0.2, -0.15) is 0 Å². The SMILES string of the molecule is Cc1ccccc1C1CC(NCC2(CO)CCCCC2)C1. The number of nitrogens with one attached hydrogen (secondary N) is 1. The number of hydrogen-bond donors (Lipinski definition) is 2. The van der Waals surface area contributed by atoms with E-state index in [-0.39, 0.29) is 5.41 Å². The Labute approximate surface area is 129 Å². The van der Waals surface area contributed by atoms with E-state index >= 15 is 0 Å². The first-order valence-electron chi connectivity index (χ1n) is 8.62. The van der Waals surface area contributed by atoms with E-state index in [4.69, 9.17) is 0 Å². The summed E-state index contributed by atoms with van der Waals surface area (Å²) < 4.78 is 0. The molecule has 3 rings (SSSR count). The van der Waals surface area contributed by atoms with Gasteiger partial charge in [0.15, 0.2) is 0 Å². The Bertz CT molecular complexity index is 458. The Morgan fingerprint density at radius 1 is 1.14 bits per heavy atom. The van der Waals surface area contributed by atoms with Crippen LogP contribution in [0.25, 0.3) is 0 Å². The molecule has 1 aromatic rings. The quantitative estimate of drug-likeness (QED) is 0.864. The fourth-order valence-corrected chi connectivity index (χ4v) is 4.14. The lowest BCUT2D eigenvalue weighted by Crippen LogP contribution is -2.47. The molecule has 2 aliphatic carbocycles. The molecule has 0 bridgehead atoms. The molecule has 2 aliphatic rings. The average Bonchev–Trinajstić information content (AvgIpc) is 2.48. The number of aliphatic hydroxyl groups is 1. The summed E-state index contributed by atoms with van der Waals surface area (Å²) >= 11 is 0. The largest absolute Gasteiger partial charge is 0.396 e. The minimum atomic E-state index is 0.173. The summed E-state index contributed by atoms with van der Waals surface area (Å²) in [5.74, 6) is 0.736. The molecule has 0 saturated heterocycles. The van der Waals surface area contributed by atoms with Crippen molar-refractivity contribution in [2.24, 2.45) is 5.41 Å². The zero-order valence-corrected chi connectivity index (χ0v) is 13.3. The van der Waals surface area contributed by atoms with Crippen LogP contribution in [0.4, 0.5) is 0 Å². The first-order chi connectivity index (χ1) is 10.2. The second-order valence-electron chi connectivity index (χ2n) is 7.32. The number of aryl methyl sites for hydroxylation is 1. The third kappa shape index (κ3) is 3.32. The number of benzene rings is 1. The van der Waals surface area contributed by atoms with Crippen LogP contribution < -0.4 is 5.32 Å². The van der Waals surface area contributed by atoms with Gasteiger partial charge in [0.2, 0.25) is 0 Å². The zero-order valence-electron chi connectivity index (χ0n) is 13.3. The normalized spacial score (nSPS) is 28.1. The molecule has 0 heterocycles. The second-order valence-corrected chi connectivity index (χ2v) is 7.32. The Hall–Kier alpha value is -0.860. The van der Waals surface area contributed by atoms with E-state index in [2.05, 4.69) is 36.5 Å². The highest BCUT2D eigenvalue weighted by Gasteiger charge is 2.35. The van der Waals surface area contributed by atoms with Gasteiger partial charge in [-0.1, -0.05) is 43.5 Å². The molecule has 0 unspecified atom stereocenters. The van der Waals surface area contributed by atoms with E-state index in [1.54, 1.807) is 0 Å². The smallest absolute Gasteiger partial charge is 0.0499 e. The molecule has 116 valence electrons. The highest BCUT2D eigenvalue weighted by molar-refractivity contribution is 5.31. The third-order valence-corrected chi connectivity index (χ3v) is 5.78. The van der Waals surface area contributed by atoms with E-state index in [0.29, 0.717) is 12.6 Å². The van der Waals surface area contributed by atoms with E-state index in [9.17, 15) is 5.11 Å². The van der Waals surface area contributed by atoms with Gasteiger partial charge in [0.05, 0.1) is 0 Å². The Balaban J connectivity index is 1.48.